The summed E-state index contributed by atoms with van der Waals surface area (Å²) in [5.41, 5.74) is 2.28. The highest BCUT2D eigenvalue weighted by molar-refractivity contribution is 5.92. The highest BCUT2D eigenvalue weighted by Gasteiger charge is 2.35. The zero-order chi connectivity index (χ0) is 23.6. The molecule has 2 aromatic rings. The molecule has 2 aliphatic heterocycles. The van der Waals surface area contributed by atoms with E-state index in [1.165, 1.54) is 11.1 Å². The van der Waals surface area contributed by atoms with E-state index in [1.807, 2.05) is 11.8 Å². The van der Waals surface area contributed by atoms with E-state index in [-0.39, 0.29) is 31.1 Å². The van der Waals surface area contributed by atoms with Gasteiger partial charge >= 0.3 is 6.18 Å². The van der Waals surface area contributed by atoms with Crippen molar-refractivity contribution >= 4 is 22.6 Å². The molecule has 3 heterocycles. The van der Waals surface area contributed by atoms with Crippen molar-refractivity contribution in [2.45, 2.75) is 44.2 Å². The normalized spacial score (nSPS) is 22.8. The molecule has 0 radical (unpaired) electrons. The highest BCUT2D eigenvalue weighted by Crippen LogP contribution is 2.29. The SMILES string of the molecule is C[C@@H]1CN(c2ccc(C#N)c3nccnc23)C[C@H](C(=O)NC2CCN(CC(F)(F)F)CC2)O1. The number of nitrogens with one attached hydrogen (secondary N) is 1. The molecule has 176 valence electrons. The number of rotatable bonds is 4. The highest BCUT2D eigenvalue weighted by atomic mass is 19.4. The number of piperidine rings is 1. The number of hydrogen-bond acceptors (Lipinski definition) is 7. The quantitative estimate of drug-likeness (QED) is 0.745. The topological polar surface area (TPSA) is 94.4 Å². The zero-order valence-corrected chi connectivity index (χ0v) is 18.2. The molecule has 8 nitrogen and oxygen atoms in total. The summed E-state index contributed by atoms with van der Waals surface area (Å²) in [5.74, 6) is -0.273. The van der Waals surface area contributed by atoms with Crippen LogP contribution in [0.2, 0.25) is 0 Å². The molecule has 33 heavy (non-hydrogen) atoms. The lowest BCUT2D eigenvalue weighted by Crippen LogP contribution is -2.55. The maximum absolute atomic E-state index is 12.9. The first-order chi connectivity index (χ1) is 15.7. The predicted octanol–water partition coefficient (Wildman–Crippen LogP) is 2.24. The van der Waals surface area contributed by atoms with E-state index in [9.17, 15) is 23.2 Å². The Morgan fingerprint density at radius 3 is 2.58 bits per heavy atom. The third kappa shape index (κ3) is 5.51. The molecule has 2 fully saturated rings. The number of morpholine rings is 1. The van der Waals surface area contributed by atoms with Crippen molar-refractivity contribution in [3.8, 4) is 6.07 Å². The van der Waals surface area contributed by atoms with E-state index in [2.05, 4.69) is 21.4 Å². The van der Waals surface area contributed by atoms with E-state index >= 15 is 0 Å². The van der Waals surface area contributed by atoms with Gasteiger partial charge in [0.15, 0.2) is 6.10 Å². The molecule has 1 aromatic heterocycles. The summed E-state index contributed by atoms with van der Waals surface area (Å²) in [7, 11) is 0. The molecule has 4 rings (SSSR count). The number of hydrogen-bond donors (Lipinski definition) is 1. The zero-order valence-electron chi connectivity index (χ0n) is 18.2. The van der Waals surface area contributed by atoms with E-state index in [1.54, 1.807) is 18.3 Å². The summed E-state index contributed by atoms with van der Waals surface area (Å²) >= 11 is 0. The Balaban J connectivity index is 1.42. The molecule has 2 atom stereocenters. The van der Waals surface area contributed by atoms with Crippen molar-refractivity contribution in [3.05, 3.63) is 30.1 Å². The number of carbonyl (C=O) groups excluding carboxylic acids is 1. The Kier molecular flexibility index (Phi) is 6.67. The number of nitrogens with zero attached hydrogens (tertiary/aromatic N) is 5. The Hall–Kier alpha value is -2.97. The molecule has 0 saturated carbocycles. The Morgan fingerprint density at radius 1 is 1.21 bits per heavy atom. The number of benzene rings is 1. The first-order valence-corrected chi connectivity index (χ1v) is 10.9. The minimum atomic E-state index is -4.22. The van der Waals surface area contributed by atoms with Crippen LogP contribution in [0.5, 0.6) is 0 Å². The monoisotopic (exact) mass is 462 g/mol. The average molecular weight is 462 g/mol. The second-order valence-electron chi connectivity index (χ2n) is 8.51. The average Bonchev–Trinajstić information content (AvgIpc) is 2.78. The van der Waals surface area contributed by atoms with Crippen LogP contribution in [0.25, 0.3) is 11.0 Å². The molecule has 11 heteroatoms. The van der Waals surface area contributed by atoms with Crippen molar-refractivity contribution in [1.82, 2.24) is 20.2 Å². The lowest BCUT2D eigenvalue weighted by atomic mass is 10.0. The summed E-state index contributed by atoms with van der Waals surface area (Å²) in [4.78, 5) is 25.0. The van der Waals surface area contributed by atoms with Crippen molar-refractivity contribution in [2.75, 3.05) is 37.6 Å². The van der Waals surface area contributed by atoms with E-state index < -0.39 is 18.8 Å². The summed E-state index contributed by atoms with van der Waals surface area (Å²) in [6.45, 7) is 2.35. The predicted molar refractivity (Wildman–Crippen MR) is 114 cm³/mol. The lowest BCUT2D eigenvalue weighted by Gasteiger charge is -2.39. The maximum atomic E-state index is 12.9. The molecular weight excluding hydrogens is 437 g/mol. The summed E-state index contributed by atoms with van der Waals surface area (Å²) < 4.78 is 43.6. The third-order valence-corrected chi connectivity index (χ3v) is 5.95. The first-order valence-electron chi connectivity index (χ1n) is 10.9. The van der Waals surface area contributed by atoms with Crippen LogP contribution >= 0.6 is 0 Å². The van der Waals surface area contributed by atoms with Gasteiger partial charge in [0.25, 0.3) is 5.91 Å². The van der Waals surface area contributed by atoms with Gasteiger partial charge in [0.2, 0.25) is 0 Å². The lowest BCUT2D eigenvalue weighted by molar-refractivity contribution is -0.149. The van der Waals surface area contributed by atoms with Crippen molar-refractivity contribution in [1.29, 1.82) is 5.26 Å². The molecule has 1 amide bonds. The fourth-order valence-electron chi connectivity index (χ4n) is 4.46. The number of anilines is 1. The van der Waals surface area contributed by atoms with Crippen molar-refractivity contribution < 1.29 is 22.7 Å². The summed E-state index contributed by atoms with van der Waals surface area (Å²) in [5, 5.41) is 12.3. The van der Waals surface area contributed by atoms with Crippen LogP contribution < -0.4 is 10.2 Å². The van der Waals surface area contributed by atoms with Crippen LogP contribution in [0.4, 0.5) is 18.9 Å². The summed E-state index contributed by atoms with van der Waals surface area (Å²) in [6, 6.07) is 5.43. The number of aromatic nitrogens is 2. The van der Waals surface area contributed by atoms with Gasteiger partial charge in [-0.15, -0.1) is 0 Å². The minimum absolute atomic E-state index is 0.183. The van der Waals surface area contributed by atoms with E-state index in [0.29, 0.717) is 42.5 Å². The van der Waals surface area contributed by atoms with E-state index in [0.717, 1.165) is 5.69 Å². The fourth-order valence-corrected chi connectivity index (χ4v) is 4.46. The van der Waals surface area contributed by atoms with Crippen LogP contribution in [0.15, 0.2) is 24.5 Å². The first kappa shape index (κ1) is 23.2. The maximum Gasteiger partial charge on any atom is 0.401 e. The van der Waals surface area contributed by atoms with Gasteiger partial charge in [0.1, 0.15) is 17.1 Å². The molecule has 0 unspecified atom stereocenters. The molecule has 1 N–H and O–H groups in total. The smallest absolute Gasteiger partial charge is 0.364 e. The molecule has 0 bridgehead atoms. The minimum Gasteiger partial charge on any atom is -0.364 e. The second kappa shape index (κ2) is 9.49. The van der Waals surface area contributed by atoms with Crippen LogP contribution in [-0.4, -0.2) is 77.9 Å². The van der Waals surface area contributed by atoms with Gasteiger partial charge in [0.05, 0.1) is 30.4 Å². The third-order valence-electron chi connectivity index (χ3n) is 5.95. The van der Waals surface area contributed by atoms with Crippen LogP contribution in [-0.2, 0) is 9.53 Å². The standard InChI is InChI=1S/C22H25F3N6O2/c1-14-11-31(17-3-2-15(10-26)19-20(17)28-7-6-27-19)12-18(33-14)21(32)29-16-4-8-30(9-5-16)13-22(23,24)25/h2-3,6-7,14,16,18H,4-5,8-9,11-13H2,1H3,(H,29,32)/t14-,18-/m1/s1. The Labute approximate surface area is 189 Å². The molecule has 1 aromatic carbocycles. The Bertz CT molecular complexity index is 1050. The molecular formula is C22H25F3N6O2. The van der Waals surface area contributed by atoms with Crippen molar-refractivity contribution in [3.63, 3.8) is 0 Å². The number of nitriles is 1. The molecule has 2 saturated heterocycles. The number of likely N-dealkylation sites (tertiary alicyclic amines) is 1. The number of ether oxygens (including phenoxy) is 1. The van der Waals surface area contributed by atoms with Gasteiger partial charge in [-0.1, -0.05) is 0 Å². The van der Waals surface area contributed by atoms with Gasteiger partial charge in [-0.2, -0.15) is 18.4 Å². The number of amides is 1. The molecule has 2 aliphatic rings. The number of fused-ring (bicyclic) bond motifs is 1. The van der Waals surface area contributed by atoms with Gasteiger partial charge in [-0.25, -0.2) is 0 Å². The van der Waals surface area contributed by atoms with Gasteiger partial charge in [-0.3, -0.25) is 19.7 Å². The molecule has 0 spiro atoms. The Morgan fingerprint density at radius 2 is 1.91 bits per heavy atom. The fraction of sp³-hybridized carbons (Fsp3) is 0.545. The molecule has 0 aliphatic carbocycles. The number of carbonyl (C=O) groups is 1. The number of halogens is 3. The van der Waals surface area contributed by atoms with Gasteiger partial charge in [0, 0.05) is 38.1 Å². The van der Waals surface area contributed by atoms with Crippen molar-refractivity contribution in [2.24, 2.45) is 0 Å². The van der Waals surface area contributed by atoms with E-state index in [4.69, 9.17) is 4.74 Å². The van der Waals surface area contributed by atoms with Crippen LogP contribution in [0, 0.1) is 11.3 Å². The second-order valence-corrected chi connectivity index (χ2v) is 8.51. The number of alkyl halides is 3. The van der Waals surface area contributed by atoms with Crippen LogP contribution in [0.3, 0.4) is 0 Å². The van der Waals surface area contributed by atoms with Gasteiger partial charge in [-0.05, 0) is 31.9 Å². The van der Waals surface area contributed by atoms with Crippen LogP contribution in [0.1, 0.15) is 25.3 Å². The largest absolute Gasteiger partial charge is 0.401 e. The summed E-state index contributed by atoms with van der Waals surface area (Å²) in [6.07, 6.45) is -1.16. The van der Waals surface area contributed by atoms with Gasteiger partial charge < -0.3 is 15.0 Å².